The molecule has 0 aliphatic rings. The molecule has 0 radical (unpaired) electrons. The zero-order valence-electron chi connectivity index (χ0n) is 4.23. The van der Waals surface area contributed by atoms with Crippen molar-refractivity contribution in [2.75, 3.05) is 0 Å². The van der Waals surface area contributed by atoms with Crippen LogP contribution in [0.3, 0.4) is 0 Å². The monoisotopic (exact) mass is 320 g/mol. The molecule has 0 rings (SSSR count). The summed E-state index contributed by atoms with van der Waals surface area (Å²) in [6, 6.07) is 0. The van der Waals surface area contributed by atoms with Gasteiger partial charge in [0.25, 0.3) is 0 Å². The molecular formula is C2H14I2N2. The van der Waals surface area contributed by atoms with Gasteiger partial charge in [-0.1, -0.05) is 13.8 Å². The van der Waals surface area contributed by atoms with Gasteiger partial charge in [-0.05, 0) is 0 Å². The molecule has 0 unspecified atom stereocenters. The van der Waals surface area contributed by atoms with Gasteiger partial charge in [0, 0.05) is 0 Å². The Hall–Kier alpha value is 1.38. The number of hydrogen-bond donors (Lipinski definition) is 2. The van der Waals surface area contributed by atoms with Crippen molar-refractivity contribution in [3.05, 3.63) is 0 Å². The first-order chi connectivity index (χ1) is 1.00. The average Bonchev–Trinajstić information content (AvgIpc) is 1.00. The van der Waals surface area contributed by atoms with Crippen molar-refractivity contribution < 1.29 is 0 Å². The molecule has 4 heteroatoms. The Bertz CT molecular complexity index is 9.51. The van der Waals surface area contributed by atoms with E-state index >= 15 is 0 Å². The molecule has 0 aromatic rings. The maximum Gasteiger partial charge on any atom is -0.0683 e. The lowest BCUT2D eigenvalue weighted by atomic mass is 11.0. The summed E-state index contributed by atoms with van der Waals surface area (Å²) in [7, 11) is 0. The summed E-state index contributed by atoms with van der Waals surface area (Å²) in [5, 5.41) is 0. The van der Waals surface area contributed by atoms with Gasteiger partial charge in [0.15, 0.2) is 0 Å². The molecule has 0 saturated heterocycles. The quantitative estimate of drug-likeness (QED) is 0.674. The zero-order chi connectivity index (χ0) is 2.00. The summed E-state index contributed by atoms with van der Waals surface area (Å²) >= 11 is 0. The van der Waals surface area contributed by atoms with Crippen LogP contribution in [0, 0.1) is 0 Å². The topological polar surface area (TPSA) is 70.0 Å². The van der Waals surface area contributed by atoms with Crippen LogP contribution in [0.5, 0.6) is 0 Å². The Kier molecular flexibility index (Phi) is 857. The maximum absolute atomic E-state index is 2.00. The highest BCUT2D eigenvalue weighted by Crippen LogP contribution is 1.14. The SMILES string of the molecule is CC.I.I.N.N. The molecule has 2 nitrogen and oxygen atoms in total. The third kappa shape index (κ3) is 54.2. The minimum absolute atomic E-state index is 0. The highest BCUT2D eigenvalue weighted by molar-refractivity contribution is 14.0. The van der Waals surface area contributed by atoms with E-state index in [-0.39, 0.29) is 60.3 Å². The summed E-state index contributed by atoms with van der Waals surface area (Å²) in [6.07, 6.45) is 0. The third-order valence-corrected chi connectivity index (χ3v) is 0. The van der Waals surface area contributed by atoms with Gasteiger partial charge >= 0.3 is 0 Å². The second kappa shape index (κ2) is 97.0. The van der Waals surface area contributed by atoms with Crippen molar-refractivity contribution in [1.82, 2.24) is 12.3 Å². The molecule has 0 bridgehead atoms. The van der Waals surface area contributed by atoms with Crippen molar-refractivity contribution in [2.24, 2.45) is 0 Å². The second-order valence-corrected chi connectivity index (χ2v) is 0. The summed E-state index contributed by atoms with van der Waals surface area (Å²) in [6.45, 7) is 4.00. The van der Waals surface area contributed by atoms with E-state index in [0.29, 0.717) is 0 Å². The average molecular weight is 320 g/mol. The molecule has 0 aliphatic carbocycles. The summed E-state index contributed by atoms with van der Waals surface area (Å²) in [5.41, 5.74) is 0. The lowest BCUT2D eigenvalue weighted by Crippen LogP contribution is -0.856. The summed E-state index contributed by atoms with van der Waals surface area (Å²) in [5.74, 6) is 0. The molecule has 0 fully saturated rings. The van der Waals surface area contributed by atoms with Crippen molar-refractivity contribution in [2.45, 2.75) is 13.8 Å². The number of rotatable bonds is 0. The van der Waals surface area contributed by atoms with Crippen LogP contribution in [0.4, 0.5) is 0 Å². The highest BCUT2D eigenvalue weighted by atomic mass is 127. The van der Waals surface area contributed by atoms with E-state index < -0.39 is 0 Å². The van der Waals surface area contributed by atoms with Crippen LogP contribution in [0.15, 0.2) is 0 Å². The second-order valence-electron chi connectivity index (χ2n) is 0. The van der Waals surface area contributed by atoms with Crippen molar-refractivity contribution in [3.63, 3.8) is 0 Å². The lowest BCUT2D eigenvalue weighted by Gasteiger charge is -1.07. The summed E-state index contributed by atoms with van der Waals surface area (Å²) < 4.78 is 0. The van der Waals surface area contributed by atoms with Gasteiger partial charge in [0.2, 0.25) is 0 Å². The Morgan fingerprint density at radius 3 is 0.667 bits per heavy atom. The molecule has 0 aromatic carbocycles. The summed E-state index contributed by atoms with van der Waals surface area (Å²) in [4.78, 5) is 0. The zero-order valence-corrected chi connectivity index (χ0v) is 8.89. The Morgan fingerprint density at radius 2 is 0.667 bits per heavy atom. The predicted molar refractivity (Wildman–Crippen MR) is 52.2 cm³/mol. The van der Waals surface area contributed by atoms with Gasteiger partial charge in [-0.25, -0.2) is 0 Å². The van der Waals surface area contributed by atoms with Crippen molar-refractivity contribution in [3.8, 4) is 0 Å². The molecule has 46 valence electrons. The first-order valence-corrected chi connectivity index (χ1v) is 1.00. The van der Waals surface area contributed by atoms with Crippen molar-refractivity contribution >= 4 is 48.0 Å². The molecular weight excluding hydrogens is 306 g/mol. The van der Waals surface area contributed by atoms with E-state index in [2.05, 4.69) is 0 Å². The standard InChI is InChI=1S/C2H6.2HI.2H3N/c1-2;;;;/h1-2H3;2*1H;2*1H3. The van der Waals surface area contributed by atoms with E-state index in [1.54, 1.807) is 0 Å². The van der Waals surface area contributed by atoms with Gasteiger partial charge in [0.1, 0.15) is 0 Å². The molecule has 0 spiro atoms. The first-order valence-electron chi connectivity index (χ1n) is 1.00. The van der Waals surface area contributed by atoms with Crippen LogP contribution >= 0.6 is 48.0 Å². The molecule has 0 heterocycles. The highest BCUT2D eigenvalue weighted by Gasteiger charge is 0.932. The minimum atomic E-state index is 0. The molecule has 0 atom stereocenters. The van der Waals surface area contributed by atoms with Gasteiger partial charge in [-0.2, -0.15) is 0 Å². The predicted octanol–water partition coefficient (Wildman–Crippen LogP) is 2.59. The molecule has 0 aromatic heterocycles. The molecule has 0 aliphatic heterocycles. The first kappa shape index (κ1) is 53.0. The fourth-order valence-electron chi connectivity index (χ4n) is 0. The van der Waals surface area contributed by atoms with E-state index in [0.717, 1.165) is 0 Å². The normalized spacial score (nSPS) is 1.00. The fraction of sp³-hybridized carbons (Fsp3) is 1.00. The number of halogens is 2. The fourth-order valence-corrected chi connectivity index (χ4v) is 0. The maximum atomic E-state index is 2.00. The van der Waals surface area contributed by atoms with Crippen LogP contribution in [-0.2, 0) is 0 Å². The van der Waals surface area contributed by atoms with Crippen LogP contribution in [0.2, 0.25) is 0 Å². The van der Waals surface area contributed by atoms with Gasteiger partial charge in [-0.15, -0.1) is 48.0 Å². The Labute approximate surface area is 73.7 Å². The lowest BCUT2D eigenvalue weighted by molar-refractivity contribution is 1.50. The van der Waals surface area contributed by atoms with Gasteiger partial charge < -0.3 is 12.3 Å². The molecule has 6 N–H and O–H groups in total. The largest absolute Gasteiger partial charge is 0.344 e. The van der Waals surface area contributed by atoms with Crippen LogP contribution in [-0.4, -0.2) is 0 Å². The Morgan fingerprint density at radius 1 is 0.667 bits per heavy atom. The molecule has 0 amide bonds. The van der Waals surface area contributed by atoms with Crippen LogP contribution < -0.4 is 12.3 Å². The van der Waals surface area contributed by atoms with Crippen molar-refractivity contribution in [1.29, 1.82) is 0 Å². The Balaban J connectivity index is -0.000000000833. The molecule has 0 saturated carbocycles. The van der Waals surface area contributed by atoms with E-state index in [4.69, 9.17) is 0 Å². The number of hydrogen-bond acceptors (Lipinski definition) is 2. The van der Waals surface area contributed by atoms with Gasteiger partial charge in [-0.3, -0.25) is 0 Å². The van der Waals surface area contributed by atoms with E-state index in [1.165, 1.54) is 0 Å². The van der Waals surface area contributed by atoms with E-state index in [9.17, 15) is 0 Å². The van der Waals surface area contributed by atoms with Gasteiger partial charge in [0.05, 0.1) is 0 Å². The third-order valence-electron chi connectivity index (χ3n) is 0. The smallest absolute Gasteiger partial charge is 0.0683 e. The van der Waals surface area contributed by atoms with Crippen LogP contribution in [0.25, 0.3) is 0 Å². The molecule has 6 heavy (non-hydrogen) atoms. The van der Waals surface area contributed by atoms with E-state index in [1.807, 2.05) is 13.8 Å². The minimum Gasteiger partial charge on any atom is -0.344 e. The van der Waals surface area contributed by atoms with Crippen LogP contribution in [0.1, 0.15) is 13.8 Å².